The highest BCUT2D eigenvalue weighted by molar-refractivity contribution is 7.89. The number of rotatable bonds is 6. The lowest BCUT2D eigenvalue weighted by atomic mass is 9.86. The number of benzene rings is 2. The fourth-order valence-electron chi connectivity index (χ4n) is 2.79. The van der Waals surface area contributed by atoms with Gasteiger partial charge in [-0.15, -0.1) is 0 Å². The third-order valence-electron chi connectivity index (χ3n) is 4.52. The number of nitrogens with one attached hydrogen (secondary N) is 1. The molecule has 1 amide bonds. The molecule has 0 aliphatic rings. The third-order valence-corrected chi connectivity index (χ3v) is 5.44. The van der Waals surface area contributed by atoms with E-state index in [-0.39, 0.29) is 22.3 Å². The van der Waals surface area contributed by atoms with Crippen molar-refractivity contribution in [2.75, 3.05) is 0 Å². The quantitative estimate of drug-likeness (QED) is 0.794. The highest BCUT2D eigenvalue weighted by atomic mass is 32.2. The number of amides is 1. The van der Waals surface area contributed by atoms with Crippen LogP contribution < -0.4 is 10.5 Å². The molecule has 1 unspecified atom stereocenters. The van der Waals surface area contributed by atoms with E-state index in [1.807, 2.05) is 6.92 Å². The number of nitrogens with two attached hydrogens (primary N) is 1. The molecule has 0 fully saturated rings. The van der Waals surface area contributed by atoms with Crippen LogP contribution in [0.3, 0.4) is 0 Å². The van der Waals surface area contributed by atoms with Gasteiger partial charge >= 0.3 is 0 Å². The van der Waals surface area contributed by atoms with Gasteiger partial charge in [-0.05, 0) is 47.6 Å². The first-order valence-electron chi connectivity index (χ1n) is 8.98. The first kappa shape index (κ1) is 21.1. The van der Waals surface area contributed by atoms with Gasteiger partial charge in [-0.2, -0.15) is 0 Å². The summed E-state index contributed by atoms with van der Waals surface area (Å²) in [6, 6.07) is 14.4. The Labute approximate surface area is 162 Å². The van der Waals surface area contributed by atoms with Crippen LogP contribution in [0.25, 0.3) is 0 Å². The second-order valence-corrected chi connectivity index (χ2v) is 9.42. The summed E-state index contributed by atoms with van der Waals surface area (Å²) < 4.78 is 22.9. The van der Waals surface area contributed by atoms with Crippen LogP contribution in [0.1, 0.15) is 56.8 Å². The minimum Gasteiger partial charge on any atom is -0.350 e. The van der Waals surface area contributed by atoms with Gasteiger partial charge in [0.05, 0.1) is 10.9 Å². The molecule has 1 atom stereocenters. The van der Waals surface area contributed by atoms with Crippen molar-refractivity contribution < 1.29 is 13.2 Å². The van der Waals surface area contributed by atoms with E-state index in [2.05, 4.69) is 50.4 Å². The fraction of sp³-hybridized carbons (Fsp3) is 0.381. The first-order valence-corrected chi connectivity index (χ1v) is 10.5. The summed E-state index contributed by atoms with van der Waals surface area (Å²) in [7, 11) is -3.76. The van der Waals surface area contributed by atoms with Crippen molar-refractivity contribution in [3.8, 4) is 0 Å². The molecular weight excluding hydrogens is 360 g/mol. The number of hydrogen-bond donors (Lipinski definition) is 2. The van der Waals surface area contributed by atoms with Crippen molar-refractivity contribution in [3.63, 3.8) is 0 Å². The van der Waals surface area contributed by atoms with E-state index in [0.29, 0.717) is 18.4 Å². The normalized spacial score (nSPS) is 13.2. The molecule has 146 valence electrons. The van der Waals surface area contributed by atoms with Gasteiger partial charge in [-0.3, -0.25) is 4.79 Å². The topological polar surface area (TPSA) is 89.3 Å². The van der Waals surface area contributed by atoms with Crippen LogP contribution in [0.15, 0.2) is 53.4 Å². The Hall–Kier alpha value is -2.18. The molecule has 0 heterocycles. The molecular formula is C21H28N2O3S. The minimum absolute atomic E-state index is 0.0417. The standard InChI is InChI=1S/C21H28N2O3S/c1-15(17-6-5-7-19(14-17)27(22,25)26)23-20(24)13-10-16-8-11-18(12-9-16)21(2,3)4/h5-9,11-12,14-15H,10,13H2,1-4H3,(H,23,24)(H2,22,25,26). The van der Waals surface area contributed by atoms with Crippen molar-refractivity contribution in [1.29, 1.82) is 0 Å². The average molecular weight is 389 g/mol. The average Bonchev–Trinajstić information content (AvgIpc) is 2.59. The van der Waals surface area contributed by atoms with E-state index in [9.17, 15) is 13.2 Å². The molecule has 3 N–H and O–H groups in total. The minimum atomic E-state index is -3.76. The highest BCUT2D eigenvalue weighted by Crippen LogP contribution is 2.22. The van der Waals surface area contributed by atoms with Gasteiger partial charge in [0.15, 0.2) is 0 Å². The Kier molecular flexibility index (Phi) is 6.44. The summed E-state index contributed by atoms with van der Waals surface area (Å²) in [4.78, 5) is 12.3. The molecule has 0 bridgehead atoms. The largest absolute Gasteiger partial charge is 0.350 e. The predicted molar refractivity (Wildman–Crippen MR) is 108 cm³/mol. The number of aryl methyl sites for hydroxylation is 1. The maximum Gasteiger partial charge on any atom is 0.238 e. The second kappa shape index (κ2) is 8.23. The zero-order valence-electron chi connectivity index (χ0n) is 16.3. The predicted octanol–water partition coefficient (Wildman–Crippen LogP) is 3.44. The molecule has 0 aliphatic heterocycles. The number of hydrogen-bond acceptors (Lipinski definition) is 3. The van der Waals surface area contributed by atoms with Crippen LogP contribution >= 0.6 is 0 Å². The summed E-state index contributed by atoms with van der Waals surface area (Å²) in [6.45, 7) is 8.32. The summed E-state index contributed by atoms with van der Waals surface area (Å²) in [5.41, 5.74) is 3.18. The fourth-order valence-corrected chi connectivity index (χ4v) is 3.36. The molecule has 2 aromatic carbocycles. The van der Waals surface area contributed by atoms with Gasteiger partial charge in [0, 0.05) is 6.42 Å². The number of sulfonamides is 1. The van der Waals surface area contributed by atoms with Crippen molar-refractivity contribution in [2.45, 2.75) is 56.9 Å². The lowest BCUT2D eigenvalue weighted by Crippen LogP contribution is -2.27. The zero-order valence-corrected chi connectivity index (χ0v) is 17.1. The van der Waals surface area contributed by atoms with Crippen molar-refractivity contribution in [1.82, 2.24) is 5.32 Å². The second-order valence-electron chi connectivity index (χ2n) is 7.85. The summed E-state index contributed by atoms with van der Waals surface area (Å²) in [6.07, 6.45) is 1.02. The Morgan fingerprint density at radius 3 is 2.30 bits per heavy atom. The lowest BCUT2D eigenvalue weighted by Gasteiger charge is -2.19. The summed E-state index contributed by atoms with van der Waals surface area (Å²) in [5, 5.41) is 8.07. The third kappa shape index (κ3) is 6.19. The maximum absolute atomic E-state index is 12.3. The molecule has 0 saturated heterocycles. The molecule has 0 aliphatic carbocycles. The van der Waals surface area contributed by atoms with Gasteiger partial charge in [0.1, 0.15) is 0 Å². The van der Waals surface area contributed by atoms with Gasteiger partial charge in [0.2, 0.25) is 15.9 Å². The van der Waals surface area contributed by atoms with Gasteiger partial charge in [0.25, 0.3) is 0 Å². The molecule has 0 radical (unpaired) electrons. The molecule has 5 nitrogen and oxygen atoms in total. The molecule has 2 aromatic rings. The zero-order chi connectivity index (χ0) is 20.2. The maximum atomic E-state index is 12.3. The van der Waals surface area contributed by atoms with E-state index < -0.39 is 10.0 Å². The molecule has 27 heavy (non-hydrogen) atoms. The molecule has 0 aromatic heterocycles. The van der Waals surface area contributed by atoms with Gasteiger partial charge in [-0.25, -0.2) is 13.6 Å². The van der Waals surface area contributed by atoms with Crippen molar-refractivity contribution in [3.05, 3.63) is 65.2 Å². The molecule has 0 saturated carbocycles. The van der Waals surface area contributed by atoms with Crippen LogP contribution in [0, 0.1) is 0 Å². The van der Waals surface area contributed by atoms with Crippen LogP contribution in [0.5, 0.6) is 0 Å². The van der Waals surface area contributed by atoms with Gasteiger partial charge < -0.3 is 5.32 Å². The molecule has 0 spiro atoms. The number of carbonyl (C=O) groups excluding carboxylic acids is 1. The van der Waals surface area contributed by atoms with Crippen LogP contribution in [-0.4, -0.2) is 14.3 Å². The summed E-state index contributed by atoms with van der Waals surface area (Å²) >= 11 is 0. The van der Waals surface area contributed by atoms with E-state index in [1.54, 1.807) is 12.1 Å². The highest BCUT2D eigenvalue weighted by Gasteiger charge is 2.15. The summed E-state index contributed by atoms with van der Waals surface area (Å²) in [5.74, 6) is -0.0802. The van der Waals surface area contributed by atoms with Crippen molar-refractivity contribution in [2.24, 2.45) is 5.14 Å². The van der Waals surface area contributed by atoms with Gasteiger partial charge in [-0.1, -0.05) is 57.2 Å². The monoisotopic (exact) mass is 388 g/mol. The smallest absolute Gasteiger partial charge is 0.238 e. The van der Waals surface area contributed by atoms with E-state index in [0.717, 1.165) is 5.56 Å². The Balaban J connectivity index is 1.94. The number of carbonyl (C=O) groups is 1. The Morgan fingerprint density at radius 2 is 1.74 bits per heavy atom. The number of primary sulfonamides is 1. The molecule has 6 heteroatoms. The SMILES string of the molecule is CC(NC(=O)CCc1ccc(C(C)(C)C)cc1)c1cccc(S(N)(=O)=O)c1. The first-order chi connectivity index (χ1) is 12.5. The van der Waals surface area contributed by atoms with Crippen LogP contribution in [-0.2, 0) is 26.7 Å². The van der Waals surface area contributed by atoms with E-state index in [1.165, 1.54) is 17.7 Å². The van der Waals surface area contributed by atoms with Crippen LogP contribution in [0.4, 0.5) is 0 Å². The lowest BCUT2D eigenvalue weighted by molar-refractivity contribution is -0.121. The van der Waals surface area contributed by atoms with Crippen molar-refractivity contribution >= 4 is 15.9 Å². The Bertz CT molecular complexity index is 898. The van der Waals surface area contributed by atoms with Crippen LogP contribution in [0.2, 0.25) is 0 Å². The Morgan fingerprint density at radius 1 is 1.11 bits per heavy atom. The van der Waals surface area contributed by atoms with E-state index in [4.69, 9.17) is 5.14 Å². The van der Waals surface area contributed by atoms with E-state index >= 15 is 0 Å². The molecule has 2 rings (SSSR count).